The van der Waals surface area contributed by atoms with Crippen LogP contribution in [0.5, 0.6) is 0 Å². The highest BCUT2D eigenvalue weighted by atomic mass is 16.5. The van der Waals surface area contributed by atoms with E-state index < -0.39 is 11.4 Å². The molecule has 0 aliphatic heterocycles. The Morgan fingerprint density at radius 3 is 2.11 bits per heavy atom. The Bertz CT molecular complexity index is 1580. The second kappa shape index (κ2) is 9.75. The zero-order valence-electron chi connectivity index (χ0n) is 21.2. The molecule has 1 aliphatic carbocycles. The summed E-state index contributed by atoms with van der Waals surface area (Å²) in [5.74, 6) is 0.0331. The van der Waals surface area contributed by atoms with Gasteiger partial charge in [0.2, 0.25) is 0 Å². The molecule has 0 bridgehead atoms. The predicted octanol–water partition coefficient (Wildman–Crippen LogP) is 7.48. The number of rotatable bonds is 7. The van der Waals surface area contributed by atoms with Crippen molar-refractivity contribution in [3.8, 4) is 33.7 Å². The monoisotopic (exact) mass is 500 g/mol. The molecule has 0 radical (unpaired) electrons. The number of carbonyl (C=O) groups is 1. The van der Waals surface area contributed by atoms with E-state index in [-0.39, 0.29) is 0 Å². The van der Waals surface area contributed by atoms with E-state index in [0.29, 0.717) is 19.3 Å². The SMILES string of the molecule is Cc1noc(-c2ccc(-c3ccc(C4(C(=O)O)CCC4)cc3)cc2)c1Cc1cccc(-c2ccccc2)n1. The van der Waals surface area contributed by atoms with Gasteiger partial charge in [0.15, 0.2) is 5.76 Å². The fourth-order valence-electron chi connectivity index (χ4n) is 5.30. The lowest BCUT2D eigenvalue weighted by Gasteiger charge is -2.38. The fraction of sp³-hybridized carbons (Fsp3) is 0.182. The van der Waals surface area contributed by atoms with Gasteiger partial charge in [-0.1, -0.05) is 96.5 Å². The first-order valence-electron chi connectivity index (χ1n) is 12.9. The van der Waals surface area contributed by atoms with Crippen molar-refractivity contribution in [2.45, 2.75) is 38.0 Å². The molecule has 3 aromatic carbocycles. The fourth-order valence-corrected chi connectivity index (χ4v) is 5.30. The van der Waals surface area contributed by atoms with E-state index in [1.54, 1.807) is 0 Å². The minimum atomic E-state index is -0.721. The van der Waals surface area contributed by atoms with Gasteiger partial charge in [-0.25, -0.2) is 0 Å². The Labute approximate surface area is 221 Å². The molecule has 1 saturated carbocycles. The molecule has 0 spiro atoms. The maximum absolute atomic E-state index is 11.8. The average Bonchev–Trinajstić information content (AvgIpc) is 3.29. The van der Waals surface area contributed by atoms with Crippen LogP contribution in [0.1, 0.15) is 41.8 Å². The number of carboxylic acid groups (broad SMARTS) is 1. The third-order valence-electron chi connectivity index (χ3n) is 7.75. The molecule has 0 saturated heterocycles. The molecule has 0 unspecified atom stereocenters. The van der Waals surface area contributed by atoms with Crippen LogP contribution in [0.25, 0.3) is 33.7 Å². The lowest BCUT2D eigenvalue weighted by atomic mass is 9.64. The second-order valence-electron chi connectivity index (χ2n) is 10.0. The van der Waals surface area contributed by atoms with Gasteiger partial charge in [0.25, 0.3) is 0 Å². The number of hydrogen-bond donors (Lipinski definition) is 1. The molecule has 188 valence electrons. The number of carboxylic acids is 1. The Morgan fingerprint density at radius 1 is 0.816 bits per heavy atom. The van der Waals surface area contributed by atoms with Crippen molar-refractivity contribution in [3.05, 3.63) is 120 Å². The quantitative estimate of drug-likeness (QED) is 0.251. The first-order valence-corrected chi connectivity index (χ1v) is 12.9. The Balaban J connectivity index is 1.24. The first kappa shape index (κ1) is 23.9. The summed E-state index contributed by atoms with van der Waals surface area (Å²) >= 11 is 0. The predicted molar refractivity (Wildman–Crippen MR) is 148 cm³/mol. The Hall–Kier alpha value is -4.51. The van der Waals surface area contributed by atoms with Crippen molar-refractivity contribution in [3.63, 3.8) is 0 Å². The lowest BCUT2D eigenvalue weighted by molar-refractivity contribution is -0.147. The minimum absolute atomic E-state index is 0.625. The molecule has 5 aromatic rings. The number of benzene rings is 3. The van der Waals surface area contributed by atoms with E-state index in [9.17, 15) is 9.90 Å². The van der Waals surface area contributed by atoms with Crippen LogP contribution in [0.15, 0.2) is 102 Å². The van der Waals surface area contributed by atoms with Gasteiger partial charge < -0.3 is 9.63 Å². The number of aromatic nitrogens is 2. The van der Waals surface area contributed by atoms with Crippen molar-refractivity contribution >= 4 is 5.97 Å². The van der Waals surface area contributed by atoms with Crippen LogP contribution in [-0.4, -0.2) is 21.2 Å². The first-order chi connectivity index (χ1) is 18.5. The van der Waals surface area contributed by atoms with Crippen LogP contribution in [0.3, 0.4) is 0 Å². The largest absolute Gasteiger partial charge is 0.481 e. The van der Waals surface area contributed by atoms with Crippen molar-refractivity contribution in [1.82, 2.24) is 10.1 Å². The number of aliphatic carboxylic acids is 1. The smallest absolute Gasteiger partial charge is 0.314 e. The second-order valence-corrected chi connectivity index (χ2v) is 10.0. The van der Waals surface area contributed by atoms with Crippen molar-refractivity contribution in [2.75, 3.05) is 0 Å². The van der Waals surface area contributed by atoms with Crippen LogP contribution in [-0.2, 0) is 16.6 Å². The average molecular weight is 501 g/mol. The summed E-state index contributed by atoms with van der Waals surface area (Å²) < 4.78 is 5.78. The van der Waals surface area contributed by atoms with E-state index in [4.69, 9.17) is 9.51 Å². The molecule has 2 heterocycles. The molecule has 5 nitrogen and oxygen atoms in total. The summed E-state index contributed by atoms with van der Waals surface area (Å²) in [6.07, 6.45) is 3.01. The van der Waals surface area contributed by atoms with Gasteiger partial charge in [-0.05, 0) is 48.6 Å². The number of nitrogens with zero attached hydrogens (tertiary/aromatic N) is 2. The minimum Gasteiger partial charge on any atom is -0.481 e. The summed E-state index contributed by atoms with van der Waals surface area (Å²) in [5, 5.41) is 14.0. The van der Waals surface area contributed by atoms with Crippen molar-refractivity contribution in [2.24, 2.45) is 0 Å². The lowest BCUT2D eigenvalue weighted by Crippen LogP contribution is -2.42. The summed E-state index contributed by atoms with van der Waals surface area (Å²) in [6.45, 7) is 1.96. The van der Waals surface area contributed by atoms with E-state index >= 15 is 0 Å². The zero-order valence-corrected chi connectivity index (χ0v) is 21.2. The number of pyridine rings is 1. The molecule has 1 aliphatic rings. The standard InChI is InChI=1S/C33H28N2O3/c1-22-29(21-28-9-5-10-30(34-28)25-7-3-2-4-8-25)31(38-35-22)26-13-11-23(12-14-26)24-15-17-27(18-16-24)33(32(36)37)19-6-20-33/h2-5,7-18H,6,19-21H2,1H3,(H,36,37). The van der Waals surface area contributed by atoms with Crippen molar-refractivity contribution < 1.29 is 14.4 Å². The van der Waals surface area contributed by atoms with Crippen LogP contribution in [0, 0.1) is 6.92 Å². The summed E-state index contributed by atoms with van der Waals surface area (Å²) in [4.78, 5) is 16.7. The Morgan fingerprint density at radius 2 is 1.47 bits per heavy atom. The van der Waals surface area contributed by atoms with Crippen molar-refractivity contribution in [1.29, 1.82) is 0 Å². The van der Waals surface area contributed by atoms with Crippen LogP contribution < -0.4 is 0 Å². The molecule has 1 N–H and O–H groups in total. The maximum atomic E-state index is 11.8. The van der Waals surface area contributed by atoms with Gasteiger partial charge >= 0.3 is 5.97 Å². The topological polar surface area (TPSA) is 76.2 Å². The van der Waals surface area contributed by atoms with Crippen LogP contribution in [0.4, 0.5) is 0 Å². The third kappa shape index (κ3) is 4.30. The van der Waals surface area contributed by atoms with Gasteiger partial charge in [0.1, 0.15) is 0 Å². The van der Waals surface area contributed by atoms with E-state index in [1.165, 1.54) is 0 Å². The normalized spacial score (nSPS) is 14.1. The van der Waals surface area contributed by atoms with Gasteiger partial charge in [-0.3, -0.25) is 9.78 Å². The molecule has 0 amide bonds. The summed E-state index contributed by atoms with van der Waals surface area (Å²) in [6, 6.07) is 32.5. The zero-order chi connectivity index (χ0) is 26.1. The van der Waals surface area contributed by atoms with Crippen LogP contribution in [0.2, 0.25) is 0 Å². The summed E-state index contributed by atoms with van der Waals surface area (Å²) in [7, 11) is 0. The van der Waals surface area contributed by atoms with E-state index in [1.807, 2.05) is 79.7 Å². The van der Waals surface area contributed by atoms with Gasteiger partial charge in [-0.15, -0.1) is 0 Å². The van der Waals surface area contributed by atoms with E-state index in [0.717, 1.165) is 62.6 Å². The van der Waals surface area contributed by atoms with E-state index in [2.05, 4.69) is 29.4 Å². The molecule has 38 heavy (non-hydrogen) atoms. The highest BCUT2D eigenvalue weighted by Gasteiger charge is 2.45. The molecular weight excluding hydrogens is 472 g/mol. The highest BCUT2D eigenvalue weighted by Crippen LogP contribution is 2.44. The molecular formula is C33H28N2O3. The Kier molecular flexibility index (Phi) is 6.12. The number of aryl methyl sites for hydroxylation is 1. The van der Waals surface area contributed by atoms with Crippen LogP contribution >= 0.6 is 0 Å². The number of hydrogen-bond acceptors (Lipinski definition) is 4. The molecule has 1 fully saturated rings. The van der Waals surface area contributed by atoms with Gasteiger partial charge in [-0.2, -0.15) is 0 Å². The molecule has 6 rings (SSSR count). The molecule has 2 aromatic heterocycles. The summed E-state index contributed by atoms with van der Waals surface area (Å²) in [5.41, 5.74) is 8.13. The van der Waals surface area contributed by atoms with Gasteiger partial charge in [0.05, 0.1) is 16.8 Å². The highest BCUT2D eigenvalue weighted by molar-refractivity contribution is 5.83. The molecule has 5 heteroatoms. The van der Waals surface area contributed by atoms with Gasteiger partial charge in [0, 0.05) is 28.8 Å². The third-order valence-corrected chi connectivity index (χ3v) is 7.75. The maximum Gasteiger partial charge on any atom is 0.314 e. The molecule has 0 atom stereocenters.